The highest BCUT2D eigenvalue weighted by molar-refractivity contribution is 7.21. The molecule has 0 atom stereocenters. The number of pyridine rings is 1. The van der Waals surface area contributed by atoms with E-state index in [4.69, 9.17) is 14.9 Å². The maximum atomic E-state index is 13.8. The van der Waals surface area contributed by atoms with Gasteiger partial charge in [0.15, 0.2) is 17.3 Å². The number of nitrogens with two attached hydrogens (primary N) is 1. The number of aromatic nitrogens is 1. The molecule has 0 bridgehead atoms. The number of hydrogen-bond donors (Lipinski definition) is 2. The van der Waals surface area contributed by atoms with Gasteiger partial charge in [0.25, 0.3) is 18.2 Å². The molecule has 2 amide bonds. The number of fused-ring (bicyclic) bond motifs is 1. The Hall–Kier alpha value is -4.23. The van der Waals surface area contributed by atoms with Crippen LogP contribution in [0.4, 0.5) is 23.2 Å². The number of rotatable bonds is 8. The molecule has 3 N–H and O–H groups in total. The lowest BCUT2D eigenvalue weighted by molar-refractivity contribution is 0.0992. The van der Waals surface area contributed by atoms with E-state index in [0.717, 1.165) is 28.3 Å². The monoisotopic (exact) mass is 575 g/mol. The molecule has 0 aliphatic carbocycles. The van der Waals surface area contributed by atoms with Gasteiger partial charge in [0.05, 0.1) is 5.69 Å². The molecule has 4 aromatic heterocycles. The zero-order valence-electron chi connectivity index (χ0n) is 19.9. The van der Waals surface area contributed by atoms with Gasteiger partial charge < -0.3 is 20.2 Å². The molecule has 0 spiro atoms. The number of aryl methyl sites for hydroxylation is 1. The van der Waals surface area contributed by atoms with Gasteiger partial charge in [0.1, 0.15) is 33.6 Å². The van der Waals surface area contributed by atoms with Gasteiger partial charge in [0, 0.05) is 26.8 Å². The van der Waals surface area contributed by atoms with Crippen molar-refractivity contribution >= 4 is 50.4 Å². The molecule has 0 saturated heterocycles. The Balaban J connectivity index is 1.48. The van der Waals surface area contributed by atoms with Crippen LogP contribution in [-0.4, -0.2) is 16.8 Å². The summed E-state index contributed by atoms with van der Waals surface area (Å²) in [4.78, 5) is 31.0. The molecule has 5 aromatic rings. The average molecular weight is 576 g/mol. The highest BCUT2D eigenvalue weighted by Gasteiger charge is 2.26. The lowest BCUT2D eigenvalue weighted by atomic mass is 10.1. The number of halogens is 4. The molecule has 0 unspecified atom stereocenters. The van der Waals surface area contributed by atoms with Gasteiger partial charge in [-0.15, -0.1) is 22.7 Å². The molecule has 4 heterocycles. The lowest BCUT2D eigenvalue weighted by Crippen LogP contribution is -2.16. The predicted octanol–water partition coefficient (Wildman–Crippen LogP) is 7.07. The Morgan fingerprint density at radius 3 is 2.56 bits per heavy atom. The van der Waals surface area contributed by atoms with Crippen LogP contribution in [0.15, 0.2) is 52.9 Å². The number of carbonyl (C=O) groups is 2. The fraction of sp³-hybridized carbons (Fsp3) is 0.115. The molecule has 13 heteroatoms. The van der Waals surface area contributed by atoms with Crippen molar-refractivity contribution in [1.82, 2.24) is 4.98 Å². The standard InChI is InChI=1S/C26H17F4N3O4S2/c1-11-2-7-19(38-11)14-9-16(23(29)30)32-26-20(14)21(22(39-26)24(31)34)33-25(35)18-6-4-13(37-18)10-36-17-5-3-12(27)8-15(17)28/h2-9,23H,10H2,1H3,(H2,31,34)(H,33,35). The maximum Gasteiger partial charge on any atom is 0.291 e. The summed E-state index contributed by atoms with van der Waals surface area (Å²) < 4.78 is 65.0. The van der Waals surface area contributed by atoms with Gasteiger partial charge in [-0.25, -0.2) is 22.5 Å². The first-order valence-corrected chi connectivity index (χ1v) is 12.8. The minimum atomic E-state index is -2.86. The first kappa shape index (κ1) is 26.4. The van der Waals surface area contributed by atoms with Crippen LogP contribution in [0.5, 0.6) is 5.75 Å². The van der Waals surface area contributed by atoms with Gasteiger partial charge in [-0.2, -0.15) is 0 Å². The Bertz CT molecular complexity index is 1730. The van der Waals surface area contributed by atoms with E-state index in [-0.39, 0.29) is 44.7 Å². The Morgan fingerprint density at radius 2 is 1.90 bits per heavy atom. The number of amides is 2. The van der Waals surface area contributed by atoms with Gasteiger partial charge in [-0.3, -0.25) is 9.59 Å². The molecule has 5 rings (SSSR count). The van der Waals surface area contributed by atoms with E-state index in [9.17, 15) is 27.2 Å². The number of thiophene rings is 2. The summed E-state index contributed by atoms with van der Waals surface area (Å²) in [6, 6.07) is 10.4. The summed E-state index contributed by atoms with van der Waals surface area (Å²) in [5, 5.41) is 2.90. The highest BCUT2D eigenvalue weighted by atomic mass is 32.1. The summed E-state index contributed by atoms with van der Waals surface area (Å²) in [5.74, 6) is -3.52. The third-order valence-electron chi connectivity index (χ3n) is 5.52. The minimum Gasteiger partial charge on any atom is -0.483 e. The Labute approximate surface area is 225 Å². The van der Waals surface area contributed by atoms with Gasteiger partial charge in [-0.1, -0.05) is 0 Å². The van der Waals surface area contributed by atoms with Crippen LogP contribution in [0, 0.1) is 18.6 Å². The third-order valence-corrected chi connectivity index (χ3v) is 7.66. The van der Waals surface area contributed by atoms with Crippen molar-refractivity contribution in [2.45, 2.75) is 20.0 Å². The summed E-state index contributed by atoms with van der Waals surface area (Å²) >= 11 is 2.14. The fourth-order valence-electron chi connectivity index (χ4n) is 3.79. The number of nitrogens with zero attached hydrogens (tertiary/aromatic N) is 1. The largest absolute Gasteiger partial charge is 0.483 e. The van der Waals surface area contributed by atoms with Gasteiger partial charge >= 0.3 is 0 Å². The summed E-state index contributed by atoms with van der Waals surface area (Å²) in [7, 11) is 0. The first-order chi connectivity index (χ1) is 18.6. The van der Waals surface area contributed by atoms with E-state index in [1.807, 2.05) is 13.0 Å². The van der Waals surface area contributed by atoms with Crippen LogP contribution in [0.25, 0.3) is 20.7 Å². The van der Waals surface area contributed by atoms with Crippen LogP contribution < -0.4 is 15.8 Å². The molecule has 0 aliphatic heterocycles. The van der Waals surface area contributed by atoms with Gasteiger partial charge in [-0.05, 0) is 49.4 Å². The number of benzene rings is 1. The number of anilines is 1. The number of hydrogen-bond acceptors (Lipinski definition) is 7. The number of primary amides is 1. The zero-order chi connectivity index (χ0) is 27.8. The van der Waals surface area contributed by atoms with E-state index >= 15 is 0 Å². The molecular formula is C26H17F4N3O4S2. The number of ether oxygens (including phenoxy) is 1. The van der Waals surface area contributed by atoms with Crippen molar-refractivity contribution in [2.24, 2.45) is 5.73 Å². The third kappa shape index (κ3) is 5.36. The predicted molar refractivity (Wildman–Crippen MR) is 138 cm³/mol. The van der Waals surface area contributed by atoms with Gasteiger partial charge in [0.2, 0.25) is 0 Å². The summed E-state index contributed by atoms with van der Waals surface area (Å²) in [5.41, 5.74) is 5.46. The fourth-order valence-corrected chi connectivity index (χ4v) is 5.69. The molecule has 0 radical (unpaired) electrons. The smallest absolute Gasteiger partial charge is 0.291 e. The molecule has 1 aromatic carbocycles. The van der Waals surface area contributed by atoms with E-state index in [2.05, 4.69) is 10.3 Å². The van der Waals surface area contributed by atoms with Crippen molar-refractivity contribution in [3.05, 3.63) is 87.1 Å². The van der Waals surface area contributed by atoms with Crippen molar-refractivity contribution in [3.8, 4) is 16.2 Å². The molecule has 7 nitrogen and oxygen atoms in total. The SMILES string of the molecule is Cc1ccc(-c2cc(C(F)F)nc3sc(C(N)=O)c(NC(=O)c4ccc(COc5ccc(F)cc5F)o4)c23)s1. The lowest BCUT2D eigenvalue weighted by Gasteiger charge is -2.09. The van der Waals surface area contributed by atoms with E-state index in [0.29, 0.717) is 16.5 Å². The molecule has 39 heavy (non-hydrogen) atoms. The number of nitrogens with one attached hydrogen (secondary N) is 1. The van der Waals surface area contributed by atoms with Crippen LogP contribution in [0.2, 0.25) is 0 Å². The van der Waals surface area contributed by atoms with Crippen molar-refractivity contribution in [2.75, 3.05) is 5.32 Å². The quantitative estimate of drug-likeness (QED) is 0.193. The second kappa shape index (κ2) is 10.5. The van der Waals surface area contributed by atoms with Crippen molar-refractivity contribution in [3.63, 3.8) is 0 Å². The van der Waals surface area contributed by atoms with Crippen LogP contribution in [-0.2, 0) is 6.61 Å². The number of alkyl halides is 2. The summed E-state index contributed by atoms with van der Waals surface area (Å²) in [6.07, 6.45) is -2.86. The molecule has 200 valence electrons. The highest BCUT2D eigenvalue weighted by Crippen LogP contribution is 2.44. The minimum absolute atomic E-state index is 0.0180. The Kier molecular flexibility index (Phi) is 7.10. The molecule has 0 aliphatic rings. The van der Waals surface area contributed by atoms with E-state index < -0.39 is 35.6 Å². The Morgan fingerprint density at radius 1 is 1.10 bits per heavy atom. The van der Waals surface area contributed by atoms with Crippen molar-refractivity contribution < 1.29 is 36.3 Å². The molecular weight excluding hydrogens is 558 g/mol. The van der Waals surface area contributed by atoms with Crippen LogP contribution >= 0.6 is 22.7 Å². The van der Waals surface area contributed by atoms with E-state index in [1.165, 1.54) is 29.5 Å². The second-order valence-electron chi connectivity index (χ2n) is 8.24. The number of carbonyl (C=O) groups excluding carboxylic acids is 2. The van der Waals surface area contributed by atoms with Crippen molar-refractivity contribution in [1.29, 1.82) is 0 Å². The average Bonchev–Trinajstić information content (AvgIpc) is 3.62. The maximum absolute atomic E-state index is 13.8. The first-order valence-electron chi connectivity index (χ1n) is 11.2. The van der Waals surface area contributed by atoms with E-state index in [1.54, 1.807) is 6.07 Å². The molecule has 0 fully saturated rings. The normalized spacial score (nSPS) is 11.3. The molecule has 0 saturated carbocycles. The van der Waals surface area contributed by atoms with Crippen LogP contribution in [0.3, 0.4) is 0 Å². The zero-order valence-corrected chi connectivity index (χ0v) is 21.5. The summed E-state index contributed by atoms with van der Waals surface area (Å²) in [6.45, 7) is 1.60. The number of furan rings is 1. The topological polar surface area (TPSA) is 107 Å². The van der Waals surface area contributed by atoms with Crippen LogP contribution in [0.1, 0.15) is 43.0 Å². The second-order valence-corrected chi connectivity index (χ2v) is 10.5.